The molecule has 0 saturated heterocycles. The maximum atomic E-state index is 14.7. The van der Waals surface area contributed by atoms with Crippen molar-refractivity contribution in [3.63, 3.8) is 0 Å². The summed E-state index contributed by atoms with van der Waals surface area (Å²) in [5.74, 6) is -2.93. The van der Waals surface area contributed by atoms with Crippen LogP contribution < -0.4 is 15.8 Å². The van der Waals surface area contributed by atoms with E-state index in [0.29, 0.717) is 22.4 Å². The van der Waals surface area contributed by atoms with Crippen LogP contribution in [0.1, 0.15) is 41.3 Å². The molecule has 168 valence electrons. The molecule has 0 saturated carbocycles. The van der Waals surface area contributed by atoms with E-state index in [1.165, 1.54) is 24.3 Å². The summed E-state index contributed by atoms with van der Waals surface area (Å²) < 4.78 is 20.5. The van der Waals surface area contributed by atoms with E-state index < -0.39 is 35.1 Å². The Labute approximate surface area is 188 Å². The van der Waals surface area contributed by atoms with Crippen molar-refractivity contribution in [3.05, 3.63) is 77.1 Å². The fourth-order valence-electron chi connectivity index (χ4n) is 4.00. The van der Waals surface area contributed by atoms with Crippen LogP contribution in [-0.4, -0.2) is 28.0 Å². The number of urea groups is 1. The maximum Gasteiger partial charge on any atom is 0.335 e. The molecular formula is C24H20FN3O5. The molecule has 2 aromatic carbocycles. The van der Waals surface area contributed by atoms with Gasteiger partial charge < -0.3 is 15.6 Å². The second-order valence-electron chi connectivity index (χ2n) is 8.21. The zero-order valence-electron chi connectivity index (χ0n) is 17.8. The molecule has 0 radical (unpaired) electrons. The minimum Gasteiger partial charge on any atom is -0.478 e. The number of carboxylic acids is 1. The summed E-state index contributed by atoms with van der Waals surface area (Å²) >= 11 is 0. The largest absolute Gasteiger partial charge is 0.478 e. The molecule has 2 heterocycles. The summed E-state index contributed by atoms with van der Waals surface area (Å²) in [6.45, 7) is 3.25. The smallest absolute Gasteiger partial charge is 0.335 e. The highest BCUT2D eigenvalue weighted by atomic mass is 19.1. The molecule has 0 bridgehead atoms. The summed E-state index contributed by atoms with van der Waals surface area (Å²) in [6, 6.07) is 13.0. The molecule has 1 aliphatic heterocycles. The molecule has 1 atom stereocenters. The Kier molecular flexibility index (Phi) is 5.33. The lowest BCUT2D eigenvalue weighted by Gasteiger charge is -2.37. The first-order chi connectivity index (χ1) is 15.6. The van der Waals surface area contributed by atoms with Crippen molar-refractivity contribution in [2.75, 3.05) is 0 Å². The summed E-state index contributed by atoms with van der Waals surface area (Å²) in [6.07, 6.45) is 0. The molecule has 0 fully saturated rings. The van der Waals surface area contributed by atoms with Gasteiger partial charge >= 0.3 is 12.0 Å². The predicted molar refractivity (Wildman–Crippen MR) is 116 cm³/mol. The number of benzene rings is 2. The van der Waals surface area contributed by atoms with E-state index in [4.69, 9.17) is 15.6 Å². The van der Waals surface area contributed by atoms with Gasteiger partial charge in [0.25, 0.3) is 0 Å². The second kappa shape index (κ2) is 8.01. The van der Waals surface area contributed by atoms with Gasteiger partial charge in [-0.1, -0.05) is 44.2 Å². The van der Waals surface area contributed by atoms with Crippen molar-refractivity contribution in [2.45, 2.75) is 19.8 Å². The van der Waals surface area contributed by atoms with Gasteiger partial charge in [0.1, 0.15) is 0 Å². The molecule has 1 aromatic heterocycles. The molecule has 0 aliphatic carbocycles. The molecule has 4 rings (SSSR count). The van der Waals surface area contributed by atoms with E-state index >= 15 is 0 Å². The molecular weight excluding hydrogens is 429 g/mol. The van der Waals surface area contributed by atoms with Crippen molar-refractivity contribution in [3.8, 4) is 22.9 Å². The van der Waals surface area contributed by atoms with Crippen LogP contribution >= 0.6 is 0 Å². The van der Waals surface area contributed by atoms with E-state index in [1.54, 1.807) is 44.2 Å². The van der Waals surface area contributed by atoms with Gasteiger partial charge in [0.2, 0.25) is 11.8 Å². The van der Waals surface area contributed by atoms with Crippen LogP contribution in [0, 0.1) is 11.2 Å². The van der Waals surface area contributed by atoms with E-state index in [1.807, 2.05) is 0 Å². The van der Waals surface area contributed by atoms with Gasteiger partial charge in [-0.15, -0.1) is 0 Å². The van der Waals surface area contributed by atoms with Gasteiger partial charge in [0, 0.05) is 22.6 Å². The number of nitrogens with one attached hydrogen (secondary N) is 1. The zero-order chi connectivity index (χ0) is 23.9. The SMILES string of the molecule is CC(C)(C(=O)NC(N)=O)[C@@H]1c2ccc(-c3ccc(C(=O)O)cc3)nc2Oc2c(F)cccc21. The van der Waals surface area contributed by atoms with Crippen molar-refractivity contribution < 1.29 is 28.6 Å². The third-order valence-corrected chi connectivity index (χ3v) is 5.68. The van der Waals surface area contributed by atoms with Crippen molar-refractivity contribution >= 4 is 17.9 Å². The van der Waals surface area contributed by atoms with E-state index in [2.05, 4.69) is 10.3 Å². The highest BCUT2D eigenvalue weighted by Gasteiger charge is 2.45. The number of carboxylic acid groups (broad SMARTS) is 1. The Morgan fingerprint density at radius 2 is 1.76 bits per heavy atom. The molecule has 0 unspecified atom stereocenters. The number of imide groups is 1. The lowest BCUT2D eigenvalue weighted by molar-refractivity contribution is -0.128. The number of carbonyl (C=O) groups excluding carboxylic acids is 2. The van der Waals surface area contributed by atoms with Crippen LogP contribution in [0.5, 0.6) is 11.6 Å². The number of ether oxygens (including phenoxy) is 1. The average Bonchev–Trinajstić information content (AvgIpc) is 2.77. The monoisotopic (exact) mass is 449 g/mol. The van der Waals surface area contributed by atoms with Crippen LogP contribution in [0.15, 0.2) is 54.6 Å². The lowest BCUT2D eigenvalue weighted by atomic mass is 9.69. The lowest BCUT2D eigenvalue weighted by Crippen LogP contribution is -2.46. The Bertz CT molecular complexity index is 1290. The number of nitrogens with zero attached hydrogens (tertiary/aromatic N) is 1. The second-order valence-corrected chi connectivity index (χ2v) is 8.21. The molecule has 33 heavy (non-hydrogen) atoms. The number of carbonyl (C=O) groups is 3. The number of pyridine rings is 1. The summed E-state index contributed by atoms with van der Waals surface area (Å²) in [5.41, 5.74) is 6.13. The number of nitrogens with two attached hydrogens (primary N) is 1. The fourth-order valence-corrected chi connectivity index (χ4v) is 4.00. The quantitative estimate of drug-likeness (QED) is 0.551. The first-order valence-corrected chi connectivity index (χ1v) is 10.0. The molecule has 4 N–H and O–H groups in total. The Hall–Kier alpha value is -4.27. The van der Waals surface area contributed by atoms with Gasteiger partial charge in [-0.25, -0.2) is 19.0 Å². The van der Waals surface area contributed by atoms with Gasteiger partial charge in [0.15, 0.2) is 11.6 Å². The molecule has 8 nitrogen and oxygen atoms in total. The fraction of sp³-hybridized carbons (Fsp3) is 0.167. The standard InChI is InChI=1S/C24H20FN3O5/c1-24(2,22(31)28-23(26)32)18-14-4-3-5-16(25)19(14)33-20-15(18)10-11-17(27-20)12-6-8-13(9-7-12)21(29)30/h3-11,18H,1-2H3,(H,29,30)(H3,26,28,31,32)/t18-/m0/s1. The first-order valence-electron chi connectivity index (χ1n) is 10.0. The normalized spacial score (nSPS) is 14.5. The Balaban J connectivity index is 1.83. The number of fused-ring (bicyclic) bond motifs is 2. The number of hydrogen-bond acceptors (Lipinski definition) is 5. The first kappa shape index (κ1) is 21.9. The van der Waals surface area contributed by atoms with E-state index in [9.17, 15) is 18.8 Å². The van der Waals surface area contributed by atoms with Crippen LogP contribution in [0.3, 0.4) is 0 Å². The summed E-state index contributed by atoms with van der Waals surface area (Å²) in [4.78, 5) is 39.8. The van der Waals surface area contributed by atoms with Crippen LogP contribution in [0.25, 0.3) is 11.3 Å². The number of primary amides is 1. The zero-order valence-corrected chi connectivity index (χ0v) is 17.8. The number of amides is 3. The number of aromatic carboxylic acids is 1. The van der Waals surface area contributed by atoms with Crippen molar-refractivity contribution in [1.29, 1.82) is 0 Å². The highest BCUT2D eigenvalue weighted by molar-refractivity contribution is 5.97. The average molecular weight is 449 g/mol. The third-order valence-electron chi connectivity index (χ3n) is 5.68. The van der Waals surface area contributed by atoms with Crippen molar-refractivity contribution in [2.24, 2.45) is 11.1 Å². The number of hydrogen-bond donors (Lipinski definition) is 3. The molecule has 9 heteroatoms. The minimum absolute atomic E-state index is 0.0548. The molecule has 3 aromatic rings. The van der Waals surface area contributed by atoms with Crippen LogP contribution in [0.2, 0.25) is 0 Å². The van der Waals surface area contributed by atoms with Gasteiger partial charge in [-0.05, 0) is 24.3 Å². The maximum absolute atomic E-state index is 14.7. The summed E-state index contributed by atoms with van der Waals surface area (Å²) in [7, 11) is 0. The Morgan fingerprint density at radius 3 is 2.39 bits per heavy atom. The Morgan fingerprint density at radius 1 is 1.06 bits per heavy atom. The van der Waals surface area contributed by atoms with Crippen LogP contribution in [-0.2, 0) is 4.79 Å². The number of aromatic nitrogens is 1. The highest BCUT2D eigenvalue weighted by Crippen LogP contribution is 2.52. The van der Waals surface area contributed by atoms with E-state index in [0.717, 1.165) is 0 Å². The van der Waals surface area contributed by atoms with Crippen LogP contribution in [0.4, 0.5) is 9.18 Å². The topological polar surface area (TPSA) is 132 Å². The number of halogens is 1. The van der Waals surface area contributed by atoms with E-state index in [-0.39, 0.29) is 17.2 Å². The predicted octanol–water partition coefficient (Wildman–Crippen LogP) is 4.04. The summed E-state index contributed by atoms with van der Waals surface area (Å²) in [5, 5.41) is 11.2. The third kappa shape index (κ3) is 3.89. The minimum atomic E-state index is -1.22. The van der Waals surface area contributed by atoms with Gasteiger partial charge in [-0.3, -0.25) is 10.1 Å². The van der Waals surface area contributed by atoms with Gasteiger partial charge in [-0.2, -0.15) is 0 Å². The van der Waals surface area contributed by atoms with Crippen molar-refractivity contribution in [1.82, 2.24) is 10.3 Å². The number of para-hydroxylation sites is 1. The van der Waals surface area contributed by atoms with Gasteiger partial charge in [0.05, 0.1) is 16.7 Å². The molecule has 1 aliphatic rings. The molecule has 0 spiro atoms. The number of rotatable bonds is 4. The molecule has 3 amide bonds.